The third kappa shape index (κ3) is 19.1. The van der Waals surface area contributed by atoms with Gasteiger partial charge >= 0.3 is 18.0 Å². The van der Waals surface area contributed by atoms with Crippen molar-refractivity contribution in [2.75, 3.05) is 126 Å². The average molecular weight is 778 g/mol. The van der Waals surface area contributed by atoms with Crippen LogP contribution in [0.25, 0.3) is 0 Å². The fourth-order valence-corrected chi connectivity index (χ4v) is 5.29. The van der Waals surface area contributed by atoms with Crippen LogP contribution in [0.4, 0.5) is 4.79 Å². The van der Waals surface area contributed by atoms with Crippen LogP contribution in [-0.2, 0) is 49.2 Å². The Balaban J connectivity index is 1.56. The minimum absolute atomic E-state index is 0.193. The molecule has 0 spiro atoms. The molecule has 0 aromatic carbocycles. The molecule has 17 nitrogen and oxygen atoms in total. The lowest BCUT2D eigenvalue weighted by molar-refractivity contribution is -0.0165. The Bertz CT molecular complexity index is 1390. The molecule has 2 aromatic rings. The van der Waals surface area contributed by atoms with Crippen molar-refractivity contribution in [1.82, 2.24) is 25.1 Å². The van der Waals surface area contributed by atoms with E-state index in [9.17, 15) is 14.4 Å². The third-order valence-corrected chi connectivity index (χ3v) is 7.99. The molecular weight excluding hydrogens is 718 g/mol. The highest BCUT2D eigenvalue weighted by Gasteiger charge is 2.24. The van der Waals surface area contributed by atoms with Crippen LogP contribution >= 0.6 is 0 Å². The number of amides is 1. The first-order chi connectivity index (χ1) is 26.6. The summed E-state index contributed by atoms with van der Waals surface area (Å²) in [6, 6.07) is 10.2. The Morgan fingerprint density at radius 3 is 1.85 bits per heavy atom. The molecule has 2 aromatic heterocycles. The molecule has 1 amide bonds. The number of esters is 2. The number of ether oxygens (including phenoxy) is 9. The zero-order valence-electron chi connectivity index (χ0n) is 33.0. The highest BCUT2D eigenvalue weighted by molar-refractivity contribution is 5.87. The molecule has 3 rings (SSSR count). The van der Waals surface area contributed by atoms with Gasteiger partial charge in [0.1, 0.15) is 17.0 Å². The zero-order chi connectivity index (χ0) is 39.7. The van der Waals surface area contributed by atoms with E-state index in [2.05, 4.69) is 25.1 Å². The van der Waals surface area contributed by atoms with Gasteiger partial charge in [-0.2, -0.15) is 0 Å². The van der Waals surface area contributed by atoms with Gasteiger partial charge in [-0.05, 0) is 45.0 Å². The molecule has 1 unspecified atom stereocenters. The summed E-state index contributed by atoms with van der Waals surface area (Å²) < 4.78 is 50.4. The van der Waals surface area contributed by atoms with Crippen LogP contribution in [0.3, 0.4) is 0 Å². The van der Waals surface area contributed by atoms with Gasteiger partial charge in [-0.25, -0.2) is 24.4 Å². The third-order valence-electron chi connectivity index (χ3n) is 7.99. The van der Waals surface area contributed by atoms with E-state index in [0.29, 0.717) is 118 Å². The molecule has 1 aliphatic rings. The first kappa shape index (κ1) is 45.6. The second-order valence-electron chi connectivity index (χ2n) is 13.3. The van der Waals surface area contributed by atoms with Crippen LogP contribution in [-0.4, -0.2) is 170 Å². The molecule has 1 fully saturated rings. The van der Waals surface area contributed by atoms with Crippen molar-refractivity contribution in [3.05, 3.63) is 59.2 Å². The second-order valence-corrected chi connectivity index (χ2v) is 13.3. The van der Waals surface area contributed by atoms with Crippen molar-refractivity contribution in [2.45, 2.75) is 39.0 Å². The van der Waals surface area contributed by atoms with Crippen LogP contribution in [0.2, 0.25) is 0 Å². The number of rotatable bonds is 14. The molecule has 0 saturated carbocycles. The summed E-state index contributed by atoms with van der Waals surface area (Å²) in [6.07, 6.45) is -0.498. The highest BCUT2D eigenvalue weighted by atomic mass is 16.6. The van der Waals surface area contributed by atoms with E-state index >= 15 is 0 Å². The normalized spacial score (nSPS) is 17.0. The van der Waals surface area contributed by atoms with Crippen LogP contribution in [0.15, 0.2) is 36.4 Å². The summed E-state index contributed by atoms with van der Waals surface area (Å²) in [5.41, 5.74) is 1.26. The Labute approximate surface area is 324 Å². The Morgan fingerprint density at radius 2 is 1.27 bits per heavy atom. The van der Waals surface area contributed by atoms with Crippen molar-refractivity contribution in [3.63, 3.8) is 0 Å². The van der Waals surface area contributed by atoms with Crippen LogP contribution in [0, 0.1) is 0 Å². The van der Waals surface area contributed by atoms with E-state index in [1.54, 1.807) is 45.0 Å². The predicted molar refractivity (Wildman–Crippen MR) is 200 cm³/mol. The lowest BCUT2D eigenvalue weighted by Crippen LogP contribution is -2.38. The number of aromatic nitrogens is 2. The summed E-state index contributed by atoms with van der Waals surface area (Å²) in [5.74, 6) is -1.01. The number of hydrogen-bond donors (Lipinski definition) is 1. The minimum Gasteiger partial charge on any atom is -0.464 e. The average Bonchev–Trinajstić information content (AvgIpc) is 3.17. The van der Waals surface area contributed by atoms with Gasteiger partial charge < -0.3 is 47.9 Å². The summed E-state index contributed by atoms with van der Waals surface area (Å²) in [4.78, 5) is 49.5. The van der Waals surface area contributed by atoms with Gasteiger partial charge in [0.15, 0.2) is 0 Å². The summed E-state index contributed by atoms with van der Waals surface area (Å²) in [6.45, 7) is 13.1. The molecule has 0 radical (unpaired) electrons. The number of carbonyl (C=O) groups is 3. The molecule has 308 valence electrons. The minimum atomic E-state index is -0.575. The van der Waals surface area contributed by atoms with Crippen LogP contribution < -0.4 is 5.32 Å². The van der Waals surface area contributed by atoms with Gasteiger partial charge in [-0.3, -0.25) is 9.80 Å². The summed E-state index contributed by atoms with van der Waals surface area (Å²) >= 11 is 0. The topological polar surface area (TPSA) is 179 Å². The predicted octanol–water partition coefficient (Wildman–Crippen LogP) is 2.53. The Hall–Kier alpha value is -3.81. The second kappa shape index (κ2) is 26.1. The molecule has 55 heavy (non-hydrogen) atoms. The smallest absolute Gasteiger partial charge is 0.407 e. The van der Waals surface area contributed by atoms with E-state index in [1.165, 1.54) is 14.2 Å². The molecule has 1 atom stereocenters. The fourth-order valence-electron chi connectivity index (χ4n) is 5.29. The molecule has 0 aliphatic carbocycles. The maximum Gasteiger partial charge on any atom is 0.407 e. The maximum absolute atomic E-state index is 12.4. The number of carbonyl (C=O) groups excluding carboxylic acids is 3. The van der Waals surface area contributed by atoms with Gasteiger partial charge in [0.25, 0.3) is 0 Å². The van der Waals surface area contributed by atoms with Gasteiger partial charge in [0.05, 0.1) is 111 Å². The lowest BCUT2D eigenvalue weighted by Gasteiger charge is -2.31. The highest BCUT2D eigenvalue weighted by Crippen LogP contribution is 2.20. The van der Waals surface area contributed by atoms with Gasteiger partial charge in [0.2, 0.25) is 0 Å². The maximum atomic E-state index is 12.4. The molecule has 17 heteroatoms. The number of nitrogens with zero attached hydrogens (tertiary/aromatic N) is 4. The van der Waals surface area contributed by atoms with Crippen molar-refractivity contribution in [1.29, 1.82) is 0 Å². The molecule has 0 bridgehead atoms. The van der Waals surface area contributed by atoms with E-state index in [-0.39, 0.29) is 24.0 Å². The SMILES string of the molecule is COC(=O)c1cccc(CN2CCOCCOCCN(C(COCCOCCNC(=O)OC(C)(C)C)c3cccc(C(=O)OC)n3)CCOCCOCC2)n1. The molecular formula is C38H59N5O12. The number of nitrogens with one attached hydrogen (secondary N) is 1. The number of alkyl carbamates (subject to hydrolysis) is 1. The van der Waals surface area contributed by atoms with E-state index < -0.39 is 23.6 Å². The van der Waals surface area contributed by atoms with Gasteiger partial charge in [0, 0.05) is 39.3 Å². The van der Waals surface area contributed by atoms with Crippen molar-refractivity contribution < 1.29 is 57.0 Å². The molecule has 1 aliphatic heterocycles. The van der Waals surface area contributed by atoms with E-state index in [4.69, 9.17) is 42.6 Å². The monoisotopic (exact) mass is 777 g/mol. The Morgan fingerprint density at radius 1 is 0.727 bits per heavy atom. The van der Waals surface area contributed by atoms with Crippen LogP contribution in [0.1, 0.15) is 59.2 Å². The fraction of sp³-hybridized carbons (Fsp3) is 0.658. The number of hydrogen-bond acceptors (Lipinski definition) is 16. The number of pyridine rings is 2. The van der Waals surface area contributed by atoms with Gasteiger partial charge in [-0.15, -0.1) is 0 Å². The number of methoxy groups -OCH3 is 2. The largest absolute Gasteiger partial charge is 0.464 e. The first-order valence-electron chi connectivity index (χ1n) is 18.6. The van der Waals surface area contributed by atoms with Crippen molar-refractivity contribution in [2.24, 2.45) is 0 Å². The summed E-state index contributed by atoms with van der Waals surface area (Å²) in [5, 5.41) is 2.66. The Kier molecular flexibility index (Phi) is 21.6. The molecule has 3 heterocycles. The molecule has 1 N–H and O–H groups in total. The van der Waals surface area contributed by atoms with Crippen molar-refractivity contribution in [3.8, 4) is 0 Å². The van der Waals surface area contributed by atoms with Crippen molar-refractivity contribution >= 4 is 18.0 Å². The van der Waals surface area contributed by atoms with Gasteiger partial charge in [-0.1, -0.05) is 12.1 Å². The first-order valence-corrected chi connectivity index (χ1v) is 18.6. The van der Waals surface area contributed by atoms with E-state index in [0.717, 1.165) is 5.69 Å². The van der Waals surface area contributed by atoms with E-state index in [1.807, 2.05) is 12.1 Å². The van der Waals surface area contributed by atoms with Crippen LogP contribution in [0.5, 0.6) is 0 Å². The lowest BCUT2D eigenvalue weighted by atomic mass is 10.1. The standard InChI is InChI=1S/C38H59N5O12/c1-38(2,3)55-37(46)39-12-17-49-26-27-54-29-34(31-9-7-11-33(41-31)36(45)48-5)43-15-20-52-24-22-50-18-13-42(14-19-51-23-25-53-21-16-43)28-30-8-6-10-32(40-30)35(44)47-4/h6-11,34H,12-29H2,1-5H3,(H,39,46). The quantitative estimate of drug-likeness (QED) is 0.168. The summed E-state index contributed by atoms with van der Waals surface area (Å²) in [7, 11) is 2.65. The zero-order valence-corrected chi connectivity index (χ0v) is 33.0. The molecule has 1 saturated heterocycles.